The van der Waals surface area contributed by atoms with Crippen LogP contribution in [0.4, 0.5) is 0 Å². The van der Waals surface area contributed by atoms with E-state index in [0.29, 0.717) is 18.5 Å². The van der Waals surface area contributed by atoms with Gasteiger partial charge in [0.1, 0.15) is 5.75 Å². The average molecular weight is 335 g/mol. The lowest BCUT2D eigenvalue weighted by Gasteiger charge is -2.06. The molecule has 1 unspecified atom stereocenters. The summed E-state index contributed by atoms with van der Waals surface area (Å²) in [7, 11) is 0. The average Bonchev–Trinajstić information content (AvgIpc) is 3.18. The van der Waals surface area contributed by atoms with E-state index < -0.39 is 0 Å². The molecule has 1 aliphatic rings. The molecule has 1 atom stereocenters. The molecule has 23 heavy (non-hydrogen) atoms. The smallest absolute Gasteiger partial charge is 0.207 e. The van der Waals surface area contributed by atoms with Crippen molar-refractivity contribution in [3.05, 3.63) is 35.0 Å². The van der Waals surface area contributed by atoms with Crippen LogP contribution < -0.4 is 10.6 Å². The quantitative estimate of drug-likeness (QED) is 0.634. The van der Waals surface area contributed by atoms with E-state index in [9.17, 15) is 9.90 Å². The van der Waals surface area contributed by atoms with Crippen molar-refractivity contribution in [3.63, 3.8) is 0 Å². The van der Waals surface area contributed by atoms with Crippen molar-refractivity contribution < 1.29 is 15.0 Å². The van der Waals surface area contributed by atoms with Gasteiger partial charge in [-0.1, -0.05) is 12.1 Å². The molecule has 1 saturated heterocycles. The van der Waals surface area contributed by atoms with E-state index in [2.05, 4.69) is 15.6 Å². The van der Waals surface area contributed by atoms with Gasteiger partial charge < -0.3 is 20.8 Å². The molecule has 2 aromatic rings. The highest BCUT2D eigenvalue weighted by Gasteiger charge is 2.08. The number of β-amino-alcohol motifs (C(OH)–C–C–N with tert-alkyl or cyclic N) is 1. The zero-order valence-corrected chi connectivity index (χ0v) is 13.8. The third-order valence-electron chi connectivity index (χ3n) is 3.50. The first-order valence-electron chi connectivity index (χ1n) is 7.40. The van der Waals surface area contributed by atoms with Crippen molar-refractivity contribution in [1.29, 1.82) is 0 Å². The summed E-state index contributed by atoms with van der Waals surface area (Å²) in [6.45, 7) is 4.04. The zero-order chi connectivity index (χ0) is 16.7. The molecule has 124 valence electrons. The van der Waals surface area contributed by atoms with Gasteiger partial charge in [-0.25, -0.2) is 4.98 Å². The summed E-state index contributed by atoms with van der Waals surface area (Å²) in [5, 5.41) is 24.0. The van der Waals surface area contributed by atoms with Crippen LogP contribution in [0.3, 0.4) is 0 Å². The molecule has 3 rings (SSSR count). The number of nitrogens with zero attached hydrogens (tertiary/aromatic N) is 1. The van der Waals surface area contributed by atoms with E-state index in [1.807, 2.05) is 13.0 Å². The number of aliphatic hydroxyl groups excluding tert-OH is 1. The van der Waals surface area contributed by atoms with Crippen LogP contribution in [-0.4, -0.2) is 40.8 Å². The molecule has 0 spiro atoms. The Morgan fingerprint density at radius 2 is 2.35 bits per heavy atom. The number of aromatic hydroxyl groups is 1. The Morgan fingerprint density at radius 1 is 1.52 bits per heavy atom. The number of carbonyl (C=O) groups is 1. The van der Waals surface area contributed by atoms with Crippen molar-refractivity contribution in [2.24, 2.45) is 0 Å². The topological polar surface area (TPSA) is 94.5 Å². The number of aliphatic hydroxyl groups is 1. The second-order valence-electron chi connectivity index (χ2n) is 5.26. The normalized spacial score (nSPS) is 16.5. The molecular formula is C16H21N3O3S. The van der Waals surface area contributed by atoms with Gasteiger partial charge in [0.05, 0.1) is 22.2 Å². The standard InChI is InChI=1S/C12H12N2O2S.C4H9NO/c1-8-12(17-7-14-8)9-2-3-10(5-13-6-15)11(16)4-9;6-4-1-2-5-3-4/h2-4,6-7,16H,5H2,1H3,(H,13,15);4-6H,1-3H2. The maximum atomic E-state index is 10.2. The minimum absolute atomic E-state index is 0.0648. The molecule has 1 amide bonds. The molecule has 1 aromatic heterocycles. The van der Waals surface area contributed by atoms with Crippen LogP contribution in [0.25, 0.3) is 10.4 Å². The van der Waals surface area contributed by atoms with E-state index in [1.165, 1.54) is 0 Å². The fraction of sp³-hybridized carbons (Fsp3) is 0.375. The molecule has 1 aromatic carbocycles. The Kier molecular flexibility index (Phi) is 6.52. The van der Waals surface area contributed by atoms with Crippen molar-refractivity contribution >= 4 is 17.7 Å². The third-order valence-corrected chi connectivity index (χ3v) is 4.48. The predicted octanol–water partition coefficient (Wildman–Crippen LogP) is 1.41. The monoisotopic (exact) mass is 335 g/mol. The summed E-state index contributed by atoms with van der Waals surface area (Å²) in [4.78, 5) is 15.4. The van der Waals surface area contributed by atoms with Crippen molar-refractivity contribution in [2.45, 2.75) is 26.0 Å². The van der Waals surface area contributed by atoms with Crippen LogP contribution in [0, 0.1) is 6.92 Å². The molecule has 7 heteroatoms. The summed E-state index contributed by atoms with van der Waals surface area (Å²) in [6.07, 6.45) is 1.48. The third kappa shape index (κ3) is 5.02. The SMILES string of the molecule is Cc1ncsc1-c1ccc(CNC=O)c(O)c1.OC1CCNC1. The molecule has 2 heterocycles. The zero-order valence-electron chi connectivity index (χ0n) is 13.0. The first-order chi connectivity index (χ1) is 11.1. The van der Waals surface area contributed by atoms with E-state index in [-0.39, 0.29) is 11.9 Å². The van der Waals surface area contributed by atoms with Gasteiger partial charge in [0.15, 0.2) is 0 Å². The van der Waals surface area contributed by atoms with Crippen molar-refractivity contribution in [1.82, 2.24) is 15.6 Å². The fourth-order valence-corrected chi connectivity index (χ4v) is 3.03. The summed E-state index contributed by atoms with van der Waals surface area (Å²) in [5.74, 6) is 0.185. The molecule has 1 fully saturated rings. The van der Waals surface area contributed by atoms with Crippen LogP contribution in [0.5, 0.6) is 5.75 Å². The van der Waals surface area contributed by atoms with Crippen LogP contribution >= 0.6 is 11.3 Å². The molecule has 0 bridgehead atoms. The Bertz CT molecular complexity index is 639. The number of hydrogen-bond donors (Lipinski definition) is 4. The van der Waals surface area contributed by atoms with Crippen LogP contribution in [0.1, 0.15) is 17.7 Å². The Labute approximate surface area is 139 Å². The van der Waals surface area contributed by atoms with Crippen molar-refractivity contribution in [3.8, 4) is 16.2 Å². The second-order valence-corrected chi connectivity index (χ2v) is 6.11. The number of carbonyl (C=O) groups excluding carboxylic acids is 1. The highest BCUT2D eigenvalue weighted by molar-refractivity contribution is 7.13. The summed E-state index contributed by atoms with van der Waals surface area (Å²) >= 11 is 1.54. The van der Waals surface area contributed by atoms with Gasteiger partial charge in [-0.05, 0) is 31.5 Å². The number of hydrogen-bond acceptors (Lipinski definition) is 6. The fourth-order valence-electron chi connectivity index (χ4n) is 2.22. The number of thiazole rings is 1. The minimum atomic E-state index is -0.0648. The summed E-state index contributed by atoms with van der Waals surface area (Å²) in [5.41, 5.74) is 4.37. The largest absolute Gasteiger partial charge is 0.508 e. The molecule has 0 radical (unpaired) electrons. The maximum absolute atomic E-state index is 10.2. The Morgan fingerprint density at radius 3 is 2.83 bits per heavy atom. The summed E-state index contributed by atoms with van der Waals surface area (Å²) < 4.78 is 0. The molecule has 6 nitrogen and oxygen atoms in total. The Balaban J connectivity index is 0.000000268. The first kappa shape index (κ1) is 17.4. The lowest BCUT2D eigenvalue weighted by Crippen LogP contribution is -2.11. The Hall–Kier alpha value is -1.96. The number of nitrogens with one attached hydrogen (secondary N) is 2. The van der Waals surface area contributed by atoms with Gasteiger partial charge in [-0.3, -0.25) is 4.79 Å². The molecule has 0 aliphatic carbocycles. The predicted molar refractivity (Wildman–Crippen MR) is 90.3 cm³/mol. The molecule has 4 N–H and O–H groups in total. The maximum Gasteiger partial charge on any atom is 0.207 e. The van der Waals surface area contributed by atoms with Gasteiger partial charge in [0.2, 0.25) is 6.41 Å². The van der Waals surface area contributed by atoms with Gasteiger partial charge in [0.25, 0.3) is 0 Å². The van der Waals surface area contributed by atoms with E-state index in [1.54, 1.807) is 29.0 Å². The van der Waals surface area contributed by atoms with Crippen molar-refractivity contribution in [2.75, 3.05) is 13.1 Å². The van der Waals surface area contributed by atoms with Gasteiger partial charge in [-0.2, -0.15) is 0 Å². The van der Waals surface area contributed by atoms with E-state index in [0.717, 1.165) is 35.6 Å². The van der Waals surface area contributed by atoms with Crippen LogP contribution in [-0.2, 0) is 11.3 Å². The lowest BCUT2D eigenvalue weighted by molar-refractivity contribution is -0.109. The molecular weight excluding hydrogens is 314 g/mol. The lowest BCUT2D eigenvalue weighted by atomic mass is 10.1. The second kappa shape index (κ2) is 8.61. The number of amides is 1. The highest BCUT2D eigenvalue weighted by Crippen LogP contribution is 2.31. The molecule has 1 aliphatic heterocycles. The number of benzene rings is 1. The summed E-state index contributed by atoms with van der Waals surface area (Å²) in [6, 6.07) is 5.42. The number of phenolic OH excluding ortho intramolecular Hbond substituents is 1. The highest BCUT2D eigenvalue weighted by atomic mass is 32.1. The van der Waals surface area contributed by atoms with Crippen LogP contribution in [0.15, 0.2) is 23.7 Å². The number of phenols is 1. The number of rotatable bonds is 4. The molecule has 0 saturated carbocycles. The van der Waals surface area contributed by atoms with E-state index >= 15 is 0 Å². The first-order valence-corrected chi connectivity index (χ1v) is 8.28. The number of aryl methyl sites for hydroxylation is 1. The van der Waals surface area contributed by atoms with Gasteiger partial charge in [0, 0.05) is 18.7 Å². The minimum Gasteiger partial charge on any atom is -0.508 e. The van der Waals surface area contributed by atoms with Gasteiger partial charge in [-0.15, -0.1) is 11.3 Å². The number of aromatic nitrogens is 1. The van der Waals surface area contributed by atoms with Crippen LogP contribution in [0.2, 0.25) is 0 Å². The van der Waals surface area contributed by atoms with E-state index in [4.69, 9.17) is 5.11 Å². The van der Waals surface area contributed by atoms with Gasteiger partial charge >= 0.3 is 0 Å².